The van der Waals surface area contributed by atoms with E-state index in [0.717, 1.165) is 43.1 Å². The summed E-state index contributed by atoms with van der Waals surface area (Å²) in [6.07, 6.45) is 4.41. The fourth-order valence-electron chi connectivity index (χ4n) is 3.74. The van der Waals surface area contributed by atoms with E-state index in [0.29, 0.717) is 6.54 Å². The Bertz CT molecular complexity index is 841. The maximum absolute atomic E-state index is 12.2. The van der Waals surface area contributed by atoms with Crippen LogP contribution in [0.2, 0.25) is 0 Å². The largest absolute Gasteiger partial charge is 0.508 e. The zero-order chi connectivity index (χ0) is 22.1. The molecule has 3 N–H and O–H groups in total. The molecular formula is C25H33N3O3. The second kappa shape index (κ2) is 11.4. The number of benzene rings is 2. The molecule has 1 fully saturated rings. The Hall–Kier alpha value is -3.02. The number of amides is 2. The number of aryl methyl sites for hydroxylation is 1. The molecule has 0 bridgehead atoms. The first-order chi connectivity index (χ1) is 15.0. The third kappa shape index (κ3) is 7.63. The second-order valence-electron chi connectivity index (χ2n) is 8.38. The molecule has 31 heavy (non-hydrogen) atoms. The molecule has 2 amide bonds. The van der Waals surface area contributed by atoms with Crippen molar-refractivity contribution in [2.75, 3.05) is 29.9 Å². The minimum Gasteiger partial charge on any atom is -0.508 e. The zero-order valence-electron chi connectivity index (χ0n) is 18.3. The summed E-state index contributed by atoms with van der Waals surface area (Å²) in [5, 5.41) is 15.0. The van der Waals surface area contributed by atoms with Crippen molar-refractivity contribution in [3.05, 3.63) is 54.1 Å². The summed E-state index contributed by atoms with van der Waals surface area (Å²) in [6, 6.07) is 15.0. The van der Waals surface area contributed by atoms with Crippen molar-refractivity contribution in [2.24, 2.45) is 5.92 Å². The fourth-order valence-corrected chi connectivity index (χ4v) is 3.74. The summed E-state index contributed by atoms with van der Waals surface area (Å²) >= 11 is 0. The van der Waals surface area contributed by atoms with Gasteiger partial charge < -0.3 is 20.6 Å². The number of nitrogens with one attached hydrogen (secondary N) is 2. The van der Waals surface area contributed by atoms with Crippen LogP contribution in [0.1, 0.15) is 44.6 Å². The van der Waals surface area contributed by atoms with Gasteiger partial charge in [0, 0.05) is 43.9 Å². The number of rotatable bonds is 9. The molecule has 1 aliphatic heterocycles. The minimum atomic E-state index is -0.154. The molecule has 166 valence electrons. The van der Waals surface area contributed by atoms with E-state index in [2.05, 4.69) is 22.5 Å². The lowest BCUT2D eigenvalue weighted by Gasteiger charge is -2.32. The lowest BCUT2D eigenvalue weighted by molar-refractivity contribution is -0.124. The molecule has 2 aromatic carbocycles. The maximum atomic E-state index is 12.2. The van der Waals surface area contributed by atoms with Crippen LogP contribution >= 0.6 is 0 Å². The van der Waals surface area contributed by atoms with Gasteiger partial charge in [-0.3, -0.25) is 9.59 Å². The van der Waals surface area contributed by atoms with Gasteiger partial charge in [0.15, 0.2) is 0 Å². The molecule has 0 aromatic heterocycles. The molecule has 0 aliphatic carbocycles. The predicted octanol–water partition coefficient (Wildman–Crippen LogP) is 4.10. The van der Waals surface area contributed by atoms with Gasteiger partial charge in [-0.2, -0.15) is 0 Å². The number of hydrogen-bond donors (Lipinski definition) is 3. The molecule has 1 heterocycles. The van der Waals surface area contributed by atoms with E-state index in [4.69, 9.17) is 0 Å². The molecule has 1 aliphatic rings. The monoisotopic (exact) mass is 423 g/mol. The molecule has 0 saturated carbocycles. The van der Waals surface area contributed by atoms with Gasteiger partial charge in [-0.1, -0.05) is 19.1 Å². The average molecular weight is 424 g/mol. The summed E-state index contributed by atoms with van der Waals surface area (Å²) in [7, 11) is 0. The fraction of sp³-hybridized carbons (Fsp3) is 0.440. The van der Waals surface area contributed by atoms with Gasteiger partial charge in [-0.05, 0) is 73.6 Å². The standard InChI is InChI=1S/C25H33N3O3/c1-19-14-17-28(18-15-19)22-8-6-21(7-9-22)27-25(31)13-12-24(30)26-16-2-3-20-4-10-23(29)11-5-20/h4-11,19,29H,2-3,12-18H2,1H3,(H,26,30)(H,27,31). The summed E-state index contributed by atoms with van der Waals surface area (Å²) in [5.41, 5.74) is 3.07. The molecule has 0 radical (unpaired) electrons. The van der Waals surface area contributed by atoms with E-state index in [1.165, 1.54) is 18.5 Å². The number of phenols is 1. The number of carbonyl (C=O) groups is 2. The summed E-state index contributed by atoms with van der Waals surface area (Å²) in [4.78, 5) is 26.5. The van der Waals surface area contributed by atoms with Crippen molar-refractivity contribution in [2.45, 2.75) is 45.4 Å². The van der Waals surface area contributed by atoms with Gasteiger partial charge >= 0.3 is 0 Å². The van der Waals surface area contributed by atoms with Crippen molar-refractivity contribution >= 4 is 23.2 Å². The van der Waals surface area contributed by atoms with Crippen molar-refractivity contribution < 1.29 is 14.7 Å². The number of phenolic OH excluding ortho intramolecular Hbond substituents is 1. The van der Waals surface area contributed by atoms with E-state index >= 15 is 0 Å². The van der Waals surface area contributed by atoms with Crippen LogP contribution < -0.4 is 15.5 Å². The lowest BCUT2D eigenvalue weighted by atomic mass is 9.99. The minimum absolute atomic E-state index is 0.115. The Morgan fingerprint density at radius 3 is 2.29 bits per heavy atom. The van der Waals surface area contributed by atoms with E-state index in [9.17, 15) is 14.7 Å². The Morgan fingerprint density at radius 2 is 1.61 bits per heavy atom. The molecular weight excluding hydrogens is 390 g/mol. The number of carbonyl (C=O) groups excluding carboxylic acids is 2. The Kier molecular flexibility index (Phi) is 8.33. The zero-order valence-corrected chi connectivity index (χ0v) is 18.3. The molecule has 6 heteroatoms. The topological polar surface area (TPSA) is 81.7 Å². The molecule has 3 rings (SSSR count). The van der Waals surface area contributed by atoms with Crippen LogP contribution in [0.25, 0.3) is 0 Å². The smallest absolute Gasteiger partial charge is 0.224 e. The summed E-state index contributed by atoms with van der Waals surface area (Å²) < 4.78 is 0. The number of anilines is 2. The average Bonchev–Trinajstić information content (AvgIpc) is 2.78. The summed E-state index contributed by atoms with van der Waals surface area (Å²) in [5.74, 6) is 0.781. The van der Waals surface area contributed by atoms with E-state index in [-0.39, 0.29) is 30.4 Å². The van der Waals surface area contributed by atoms with Crippen molar-refractivity contribution in [1.82, 2.24) is 5.32 Å². The number of nitrogens with zero attached hydrogens (tertiary/aromatic N) is 1. The predicted molar refractivity (Wildman–Crippen MR) is 124 cm³/mol. The van der Waals surface area contributed by atoms with Crippen LogP contribution in [-0.2, 0) is 16.0 Å². The third-order valence-electron chi connectivity index (χ3n) is 5.78. The van der Waals surface area contributed by atoms with Crippen LogP contribution in [0, 0.1) is 5.92 Å². The Balaban J connectivity index is 1.31. The van der Waals surface area contributed by atoms with Crippen LogP contribution in [0.3, 0.4) is 0 Å². The van der Waals surface area contributed by atoms with Crippen molar-refractivity contribution in [1.29, 1.82) is 0 Å². The first-order valence-electron chi connectivity index (χ1n) is 11.2. The Morgan fingerprint density at radius 1 is 0.968 bits per heavy atom. The van der Waals surface area contributed by atoms with E-state index < -0.39 is 0 Å². The number of piperidine rings is 1. The molecule has 1 saturated heterocycles. The van der Waals surface area contributed by atoms with Gasteiger partial charge in [-0.15, -0.1) is 0 Å². The van der Waals surface area contributed by atoms with Crippen LogP contribution in [0.5, 0.6) is 5.75 Å². The van der Waals surface area contributed by atoms with E-state index in [1.807, 2.05) is 36.4 Å². The van der Waals surface area contributed by atoms with Crippen LogP contribution in [0.4, 0.5) is 11.4 Å². The normalized spacial score (nSPS) is 14.3. The lowest BCUT2D eigenvalue weighted by Crippen LogP contribution is -2.32. The second-order valence-corrected chi connectivity index (χ2v) is 8.38. The highest BCUT2D eigenvalue weighted by Gasteiger charge is 2.16. The summed E-state index contributed by atoms with van der Waals surface area (Å²) in [6.45, 7) is 5.03. The third-order valence-corrected chi connectivity index (χ3v) is 5.78. The SMILES string of the molecule is CC1CCN(c2ccc(NC(=O)CCC(=O)NCCCc3ccc(O)cc3)cc2)CC1. The first-order valence-corrected chi connectivity index (χ1v) is 11.2. The van der Waals surface area contributed by atoms with Gasteiger partial charge in [0.1, 0.15) is 5.75 Å². The first kappa shape index (κ1) is 22.7. The maximum Gasteiger partial charge on any atom is 0.224 e. The van der Waals surface area contributed by atoms with Crippen LogP contribution in [-0.4, -0.2) is 36.6 Å². The quantitative estimate of drug-likeness (QED) is 0.531. The number of aromatic hydroxyl groups is 1. The van der Waals surface area contributed by atoms with E-state index in [1.54, 1.807) is 12.1 Å². The number of hydrogen-bond acceptors (Lipinski definition) is 4. The highest BCUT2D eigenvalue weighted by molar-refractivity contribution is 5.93. The van der Waals surface area contributed by atoms with Gasteiger partial charge in [0.05, 0.1) is 0 Å². The van der Waals surface area contributed by atoms with Crippen molar-refractivity contribution in [3.8, 4) is 5.75 Å². The molecule has 6 nitrogen and oxygen atoms in total. The highest BCUT2D eigenvalue weighted by atomic mass is 16.3. The van der Waals surface area contributed by atoms with Gasteiger partial charge in [0.25, 0.3) is 0 Å². The molecule has 0 atom stereocenters. The molecule has 2 aromatic rings. The Labute approximate surface area is 184 Å². The van der Waals surface area contributed by atoms with Gasteiger partial charge in [0.2, 0.25) is 11.8 Å². The molecule has 0 spiro atoms. The van der Waals surface area contributed by atoms with Crippen LogP contribution in [0.15, 0.2) is 48.5 Å². The van der Waals surface area contributed by atoms with Gasteiger partial charge in [-0.25, -0.2) is 0 Å². The van der Waals surface area contributed by atoms with Crippen molar-refractivity contribution in [3.63, 3.8) is 0 Å². The molecule has 0 unspecified atom stereocenters. The highest BCUT2D eigenvalue weighted by Crippen LogP contribution is 2.24.